The second-order valence-corrected chi connectivity index (χ2v) is 6.73. The minimum Gasteiger partial charge on any atom is -0.204 e. The highest BCUT2D eigenvalue weighted by Crippen LogP contribution is 2.07. The summed E-state index contributed by atoms with van der Waals surface area (Å²) in [6.07, 6.45) is 0. The average molecular weight is 206 g/mol. The second-order valence-electron chi connectivity index (χ2n) is 3.27. The third kappa shape index (κ3) is 5.46. The molecule has 74 valence electrons. The van der Waals surface area contributed by atoms with Gasteiger partial charge in [0.25, 0.3) is 0 Å². The van der Waals surface area contributed by atoms with Gasteiger partial charge in [-0.05, 0) is 12.1 Å². The molecule has 0 aliphatic rings. The summed E-state index contributed by atoms with van der Waals surface area (Å²) in [5.41, 5.74) is 0. The lowest BCUT2D eigenvalue weighted by molar-refractivity contribution is 0.447. The van der Waals surface area contributed by atoms with E-state index in [2.05, 4.69) is 19.6 Å². The van der Waals surface area contributed by atoms with Gasteiger partial charge in [0, 0.05) is 8.80 Å². The molecule has 13 heavy (non-hydrogen) atoms. The average Bonchev–Trinajstić information content (AvgIpc) is 1.99. The van der Waals surface area contributed by atoms with Gasteiger partial charge >= 0.3 is 0 Å². The number of halogens is 3. The van der Waals surface area contributed by atoms with Gasteiger partial charge in [-0.2, -0.15) is 0 Å². The van der Waals surface area contributed by atoms with Crippen molar-refractivity contribution in [1.82, 2.24) is 0 Å². The fourth-order valence-electron chi connectivity index (χ4n) is 0.477. The molecule has 0 saturated carbocycles. The van der Waals surface area contributed by atoms with Gasteiger partial charge in [-0.1, -0.05) is 25.7 Å². The Morgan fingerprint density at radius 2 is 1.23 bits per heavy atom. The van der Waals surface area contributed by atoms with Crippen molar-refractivity contribution in [2.45, 2.75) is 19.6 Å². The number of rotatable bonds is 0. The summed E-state index contributed by atoms with van der Waals surface area (Å²) in [5.74, 6) is -3.73. The van der Waals surface area contributed by atoms with E-state index in [1.54, 1.807) is 0 Å². The van der Waals surface area contributed by atoms with Crippen LogP contribution in [0.5, 0.6) is 0 Å². The van der Waals surface area contributed by atoms with Crippen molar-refractivity contribution in [2.75, 3.05) is 0 Å². The van der Waals surface area contributed by atoms with Crippen LogP contribution in [0.25, 0.3) is 0 Å². The van der Waals surface area contributed by atoms with E-state index in [0.29, 0.717) is 0 Å². The molecule has 0 aliphatic heterocycles. The largest absolute Gasteiger partial charge is 0.204 e. The van der Waals surface area contributed by atoms with Crippen LogP contribution in [-0.4, -0.2) is 8.80 Å². The molecule has 0 saturated heterocycles. The Morgan fingerprint density at radius 3 is 1.46 bits per heavy atom. The maximum atomic E-state index is 12.0. The van der Waals surface area contributed by atoms with Crippen molar-refractivity contribution in [3.8, 4) is 0 Å². The molecular weight excluding hydrogens is 193 g/mol. The normalized spacial score (nSPS) is 9.46. The maximum absolute atomic E-state index is 12.0. The predicted octanol–water partition coefficient (Wildman–Crippen LogP) is 3.21. The number of hydrogen-bond donors (Lipinski definition) is 0. The highest BCUT2D eigenvalue weighted by Gasteiger charge is 2.04. The van der Waals surface area contributed by atoms with Crippen molar-refractivity contribution < 1.29 is 13.2 Å². The van der Waals surface area contributed by atoms with Crippen molar-refractivity contribution >= 4 is 8.80 Å². The van der Waals surface area contributed by atoms with Crippen LogP contribution in [0.1, 0.15) is 0 Å². The molecule has 0 amide bonds. The van der Waals surface area contributed by atoms with Gasteiger partial charge in [0.1, 0.15) is 0 Å². The first kappa shape index (κ1) is 12.2. The molecule has 1 aromatic carbocycles. The van der Waals surface area contributed by atoms with Gasteiger partial charge < -0.3 is 0 Å². The lowest BCUT2D eigenvalue weighted by Crippen LogP contribution is -1.86. The molecule has 4 heteroatoms. The van der Waals surface area contributed by atoms with E-state index >= 15 is 0 Å². The van der Waals surface area contributed by atoms with E-state index in [4.69, 9.17) is 0 Å². The molecule has 0 aromatic heterocycles. The summed E-state index contributed by atoms with van der Waals surface area (Å²) in [5, 5.41) is 0. The van der Waals surface area contributed by atoms with Crippen molar-refractivity contribution in [1.29, 1.82) is 0 Å². The van der Waals surface area contributed by atoms with Crippen LogP contribution in [0.3, 0.4) is 0 Å². The Morgan fingerprint density at radius 1 is 0.923 bits per heavy atom. The minimum absolute atomic E-state index is 0.139. The summed E-state index contributed by atoms with van der Waals surface area (Å²) in [7, 11) is -0.139. The van der Waals surface area contributed by atoms with E-state index < -0.39 is 17.5 Å². The Hall–Kier alpha value is -0.773. The third-order valence-corrected chi connectivity index (χ3v) is 0.904. The van der Waals surface area contributed by atoms with E-state index in [1.165, 1.54) is 0 Å². The van der Waals surface area contributed by atoms with E-state index in [-0.39, 0.29) is 8.80 Å². The van der Waals surface area contributed by atoms with Crippen molar-refractivity contribution in [3.05, 3.63) is 35.7 Å². The highest BCUT2D eigenvalue weighted by atomic mass is 28.3. The Labute approximate surface area is 78.0 Å². The van der Waals surface area contributed by atoms with Crippen LogP contribution in [0.15, 0.2) is 18.2 Å². The third-order valence-electron chi connectivity index (χ3n) is 0.904. The van der Waals surface area contributed by atoms with Gasteiger partial charge in [0.15, 0.2) is 17.5 Å². The molecular formula is C9H13F3Si. The fourth-order valence-corrected chi connectivity index (χ4v) is 0.477. The summed E-state index contributed by atoms with van der Waals surface area (Å²) in [6.45, 7) is 6.92. The van der Waals surface area contributed by atoms with E-state index in [9.17, 15) is 13.2 Å². The topological polar surface area (TPSA) is 0 Å². The summed E-state index contributed by atoms with van der Waals surface area (Å²) >= 11 is 0. The first-order valence-corrected chi connectivity index (χ1v) is 7.51. The molecule has 0 unspecified atom stereocenters. The molecule has 0 nitrogen and oxygen atoms in total. The molecule has 0 heterocycles. The quantitative estimate of drug-likeness (QED) is 0.451. The summed E-state index contributed by atoms with van der Waals surface area (Å²) in [6, 6.07) is 2.82. The predicted molar refractivity (Wildman–Crippen MR) is 51.1 cm³/mol. The van der Waals surface area contributed by atoms with Crippen LogP contribution in [0.4, 0.5) is 13.2 Å². The molecule has 0 spiro atoms. The maximum Gasteiger partial charge on any atom is 0.194 e. The van der Waals surface area contributed by atoms with Gasteiger partial charge in [-0.25, -0.2) is 13.2 Å². The molecule has 0 atom stereocenters. The Kier molecular flexibility index (Phi) is 5.46. The molecule has 1 rings (SSSR count). The van der Waals surface area contributed by atoms with Gasteiger partial charge in [0.05, 0.1) is 0 Å². The molecule has 0 aliphatic carbocycles. The minimum atomic E-state index is -1.42. The van der Waals surface area contributed by atoms with Gasteiger partial charge in [-0.3, -0.25) is 0 Å². The molecule has 0 fully saturated rings. The van der Waals surface area contributed by atoms with Gasteiger partial charge in [-0.15, -0.1) is 0 Å². The van der Waals surface area contributed by atoms with Crippen molar-refractivity contribution in [3.63, 3.8) is 0 Å². The second kappa shape index (κ2) is 5.80. The smallest absolute Gasteiger partial charge is 0.194 e. The van der Waals surface area contributed by atoms with Crippen LogP contribution in [0.2, 0.25) is 19.6 Å². The first-order chi connectivity index (χ1) is 5.95. The molecule has 0 N–H and O–H groups in total. The van der Waals surface area contributed by atoms with Crippen LogP contribution in [0, 0.1) is 17.5 Å². The lowest BCUT2D eigenvalue weighted by atomic mass is 10.3. The van der Waals surface area contributed by atoms with E-state index in [0.717, 1.165) is 18.2 Å². The monoisotopic (exact) mass is 206 g/mol. The van der Waals surface area contributed by atoms with Crippen molar-refractivity contribution in [2.24, 2.45) is 0 Å². The summed E-state index contributed by atoms with van der Waals surface area (Å²) in [4.78, 5) is 0. The highest BCUT2D eigenvalue weighted by molar-refractivity contribution is 6.54. The van der Waals surface area contributed by atoms with Crippen LogP contribution >= 0.6 is 0 Å². The fraction of sp³-hybridized carbons (Fsp3) is 0.333. The molecule has 1 aromatic rings. The van der Waals surface area contributed by atoms with Crippen LogP contribution < -0.4 is 0 Å². The Bertz CT molecular complexity index is 238. The SMILES string of the molecule is C[SiH](C)C.Fc1cccc(F)c1F. The lowest BCUT2D eigenvalue weighted by Gasteiger charge is -1.90. The molecule has 0 radical (unpaired) electrons. The Balaban J connectivity index is 0.000000310. The standard InChI is InChI=1S/C6H3F3.C3H10Si/c7-4-2-1-3-5(8)6(4)9;1-4(2)3/h1-3H;4H,1-3H3. The van der Waals surface area contributed by atoms with E-state index in [1.807, 2.05) is 0 Å². The van der Waals surface area contributed by atoms with Crippen LogP contribution in [-0.2, 0) is 0 Å². The number of hydrogen-bond acceptors (Lipinski definition) is 0. The zero-order chi connectivity index (χ0) is 10.4. The molecule has 0 bridgehead atoms. The summed E-state index contributed by atoms with van der Waals surface area (Å²) < 4.78 is 35.9. The van der Waals surface area contributed by atoms with Gasteiger partial charge in [0.2, 0.25) is 0 Å². The number of benzene rings is 1. The first-order valence-electron chi connectivity index (χ1n) is 4.04. The zero-order valence-corrected chi connectivity index (χ0v) is 9.10. The zero-order valence-electron chi connectivity index (χ0n) is 7.94.